The topological polar surface area (TPSA) is 35.6 Å². The predicted octanol–water partition coefficient (Wildman–Crippen LogP) is 2.27. The van der Waals surface area contributed by atoms with Crippen LogP contribution in [0.1, 0.15) is 31.2 Å². The van der Waals surface area contributed by atoms with Gasteiger partial charge < -0.3 is 5.32 Å². The Morgan fingerprint density at radius 3 is 2.70 bits per heavy atom. The first-order valence-electron chi connectivity index (χ1n) is 8.70. The molecular weight excluding hydrogens is 310 g/mol. The van der Waals surface area contributed by atoms with Gasteiger partial charge in [0.1, 0.15) is 0 Å². The lowest BCUT2D eigenvalue weighted by Gasteiger charge is -2.34. The number of amides is 1. The average molecular weight is 334 g/mol. The number of nitrogens with one attached hydrogen (secondary N) is 1. The van der Waals surface area contributed by atoms with Crippen molar-refractivity contribution in [1.82, 2.24) is 15.1 Å². The van der Waals surface area contributed by atoms with E-state index in [1.807, 2.05) is 24.3 Å². The number of benzene rings is 1. The standard InChI is InChI=1S/C18H24ClN3O/c19-17-4-2-1-3-13(17)10-20-18(23)7-8-21-11-16-9-15(21)12-22(16)14-5-6-14/h1-4,14-16H,5-12H2,(H,20,23)/t15-,16-/m0/s1. The summed E-state index contributed by atoms with van der Waals surface area (Å²) in [4.78, 5) is 17.3. The van der Waals surface area contributed by atoms with E-state index in [2.05, 4.69) is 15.1 Å². The molecule has 5 heteroatoms. The molecule has 1 saturated carbocycles. The van der Waals surface area contributed by atoms with Crippen LogP contribution in [-0.2, 0) is 11.3 Å². The van der Waals surface area contributed by atoms with Crippen LogP contribution in [-0.4, -0.2) is 53.5 Å². The first-order chi connectivity index (χ1) is 11.2. The molecule has 3 fully saturated rings. The Kier molecular flexibility index (Phi) is 4.31. The summed E-state index contributed by atoms with van der Waals surface area (Å²) in [6, 6.07) is 9.96. The molecule has 2 bridgehead atoms. The summed E-state index contributed by atoms with van der Waals surface area (Å²) < 4.78 is 0. The molecule has 4 nitrogen and oxygen atoms in total. The molecule has 2 heterocycles. The maximum Gasteiger partial charge on any atom is 0.221 e. The highest BCUT2D eigenvalue weighted by Gasteiger charge is 2.47. The molecule has 1 N–H and O–H groups in total. The van der Waals surface area contributed by atoms with Crippen LogP contribution in [0.3, 0.4) is 0 Å². The molecule has 124 valence electrons. The first-order valence-corrected chi connectivity index (χ1v) is 9.08. The second-order valence-corrected chi connectivity index (χ2v) is 7.49. The predicted molar refractivity (Wildman–Crippen MR) is 91.4 cm³/mol. The number of fused-ring (bicyclic) bond motifs is 2. The smallest absolute Gasteiger partial charge is 0.221 e. The summed E-state index contributed by atoms with van der Waals surface area (Å²) in [5.74, 6) is 0.117. The molecule has 1 aromatic rings. The van der Waals surface area contributed by atoms with Crippen molar-refractivity contribution in [3.63, 3.8) is 0 Å². The van der Waals surface area contributed by atoms with E-state index in [0.717, 1.165) is 30.7 Å². The van der Waals surface area contributed by atoms with Crippen molar-refractivity contribution in [3.8, 4) is 0 Å². The van der Waals surface area contributed by atoms with Crippen LogP contribution in [0.4, 0.5) is 0 Å². The molecule has 23 heavy (non-hydrogen) atoms. The Balaban J connectivity index is 1.20. The number of nitrogens with zero attached hydrogens (tertiary/aromatic N) is 2. The van der Waals surface area contributed by atoms with Crippen molar-refractivity contribution in [2.75, 3.05) is 19.6 Å². The van der Waals surface area contributed by atoms with Crippen LogP contribution >= 0.6 is 11.6 Å². The Bertz CT molecular complexity index is 589. The van der Waals surface area contributed by atoms with Gasteiger partial charge in [-0.3, -0.25) is 14.6 Å². The number of carbonyl (C=O) groups excluding carboxylic acids is 1. The number of halogens is 1. The van der Waals surface area contributed by atoms with E-state index in [-0.39, 0.29) is 5.91 Å². The Labute approximate surface area is 142 Å². The van der Waals surface area contributed by atoms with Gasteiger partial charge in [-0.25, -0.2) is 0 Å². The summed E-state index contributed by atoms with van der Waals surface area (Å²) in [6.07, 6.45) is 4.68. The number of carbonyl (C=O) groups is 1. The zero-order chi connectivity index (χ0) is 15.8. The minimum absolute atomic E-state index is 0.117. The minimum Gasteiger partial charge on any atom is -0.352 e. The van der Waals surface area contributed by atoms with Crippen molar-refractivity contribution in [1.29, 1.82) is 0 Å². The van der Waals surface area contributed by atoms with E-state index >= 15 is 0 Å². The van der Waals surface area contributed by atoms with Gasteiger partial charge in [0.2, 0.25) is 5.91 Å². The van der Waals surface area contributed by atoms with Gasteiger partial charge in [0.05, 0.1) is 0 Å². The quantitative estimate of drug-likeness (QED) is 0.867. The molecular formula is C18H24ClN3O. The molecule has 2 atom stereocenters. The molecule has 2 saturated heterocycles. The lowest BCUT2D eigenvalue weighted by atomic mass is 10.2. The van der Waals surface area contributed by atoms with Crippen LogP contribution in [0, 0.1) is 0 Å². The van der Waals surface area contributed by atoms with E-state index < -0.39 is 0 Å². The van der Waals surface area contributed by atoms with Gasteiger partial charge in [-0.15, -0.1) is 0 Å². The monoisotopic (exact) mass is 333 g/mol. The third kappa shape index (κ3) is 3.39. The molecule has 1 aliphatic carbocycles. The normalized spacial score (nSPS) is 27.5. The van der Waals surface area contributed by atoms with Gasteiger partial charge in [0.25, 0.3) is 0 Å². The number of rotatable bonds is 6. The van der Waals surface area contributed by atoms with Crippen LogP contribution in [0.25, 0.3) is 0 Å². The van der Waals surface area contributed by atoms with Crippen LogP contribution in [0.15, 0.2) is 24.3 Å². The summed E-state index contributed by atoms with van der Waals surface area (Å²) in [7, 11) is 0. The first kappa shape index (κ1) is 15.4. The van der Waals surface area contributed by atoms with Crippen molar-refractivity contribution < 1.29 is 4.79 Å². The molecule has 3 aliphatic rings. The summed E-state index contributed by atoms with van der Waals surface area (Å²) in [5, 5.41) is 3.70. The van der Waals surface area contributed by atoms with Crippen LogP contribution in [0.2, 0.25) is 5.02 Å². The highest BCUT2D eigenvalue weighted by Crippen LogP contribution is 2.38. The Morgan fingerprint density at radius 1 is 1.17 bits per heavy atom. The van der Waals surface area contributed by atoms with Crippen LogP contribution in [0.5, 0.6) is 0 Å². The molecule has 1 aromatic carbocycles. The molecule has 0 radical (unpaired) electrons. The lowest BCUT2D eigenvalue weighted by Crippen LogP contribution is -2.47. The van der Waals surface area contributed by atoms with Gasteiger partial charge in [0, 0.05) is 55.7 Å². The Hall–Kier alpha value is -1.10. The fraction of sp³-hybridized carbons (Fsp3) is 0.611. The van der Waals surface area contributed by atoms with Gasteiger partial charge >= 0.3 is 0 Å². The zero-order valence-corrected chi connectivity index (χ0v) is 14.1. The number of hydrogen-bond acceptors (Lipinski definition) is 3. The van der Waals surface area contributed by atoms with Crippen molar-refractivity contribution in [2.24, 2.45) is 0 Å². The second kappa shape index (κ2) is 6.42. The molecule has 2 aliphatic heterocycles. The lowest BCUT2D eigenvalue weighted by molar-refractivity contribution is -0.121. The Morgan fingerprint density at radius 2 is 2.00 bits per heavy atom. The van der Waals surface area contributed by atoms with Crippen molar-refractivity contribution in [2.45, 2.75) is 50.4 Å². The summed E-state index contributed by atoms with van der Waals surface area (Å²) >= 11 is 6.11. The van der Waals surface area contributed by atoms with E-state index in [1.54, 1.807) is 0 Å². The molecule has 0 spiro atoms. The number of hydrogen-bond donors (Lipinski definition) is 1. The number of piperazine rings is 1. The SMILES string of the molecule is O=C(CCN1C[C@@H]2C[C@H]1CN2C1CC1)NCc1ccccc1Cl. The molecule has 1 amide bonds. The van der Waals surface area contributed by atoms with E-state index in [9.17, 15) is 4.79 Å². The average Bonchev–Trinajstić information content (AvgIpc) is 3.22. The fourth-order valence-electron chi connectivity index (χ4n) is 4.08. The largest absolute Gasteiger partial charge is 0.352 e. The van der Waals surface area contributed by atoms with Crippen LogP contribution < -0.4 is 5.32 Å². The molecule has 0 unspecified atom stereocenters. The van der Waals surface area contributed by atoms with E-state index in [1.165, 1.54) is 25.8 Å². The summed E-state index contributed by atoms with van der Waals surface area (Å²) in [5.41, 5.74) is 0.975. The highest BCUT2D eigenvalue weighted by molar-refractivity contribution is 6.31. The third-order valence-corrected chi connectivity index (χ3v) is 5.84. The molecule has 0 aromatic heterocycles. The fourth-order valence-corrected chi connectivity index (χ4v) is 4.28. The highest BCUT2D eigenvalue weighted by atomic mass is 35.5. The maximum absolute atomic E-state index is 12.1. The van der Waals surface area contributed by atoms with Gasteiger partial charge in [0.15, 0.2) is 0 Å². The second-order valence-electron chi connectivity index (χ2n) is 7.08. The van der Waals surface area contributed by atoms with E-state index in [0.29, 0.717) is 24.0 Å². The minimum atomic E-state index is 0.117. The zero-order valence-electron chi connectivity index (χ0n) is 13.4. The van der Waals surface area contributed by atoms with Gasteiger partial charge in [-0.2, -0.15) is 0 Å². The van der Waals surface area contributed by atoms with Gasteiger partial charge in [-0.1, -0.05) is 29.8 Å². The summed E-state index contributed by atoms with van der Waals surface area (Å²) in [6.45, 7) is 3.77. The molecule has 4 rings (SSSR count). The third-order valence-electron chi connectivity index (χ3n) is 5.47. The van der Waals surface area contributed by atoms with E-state index in [4.69, 9.17) is 11.6 Å². The van der Waals surface area contributed by atoms with Crippen molar-refractivity contribution >= 4 is 17.5 Å². The van der Waals surface area contributed by atoms with Gasteiger partial charge in [-0.05, 0) is 30.9 Å². The maximum atomic E-state index is 12.1. The van der Waals surface area contributed by atoms with Crippen molar-refractivity contribution in [3.05, 3.63) is 34.9 Å². The number of likely N-dealkylation sites (tertiary alicyclic amines) is 2.